The molecule has 0 saturated carbocycles. The van der Waals surface area contributed by atoms with Crippen LogP contribution in [0.2, 0.25) is 0 Å². The lowest BCUT2D eigenvalue weighted by atomic mass is 9.83. The van der Waals surface area contributed by atoms with E-state index in [0.29, 0.717) is 12.8 Å². The standard InChI is InChI=1S/C13H16O3S/c14-10-13(11-4-2-1-3-5-11)12-6-8-17(15,16)9-7-12/h1-5,10,12-13H,6-9H2. The van der Waals surface area contributed by atoms with Crippen LogP contribution in [0.15, 0.2) is 30.3 Å². The van der Waals surface area contributed by atoms with Gasteiger partial charge in [-0.3, -0.25) is 0 Å². The summed E-state index contributed by atoms with van der Waals surface area (Å²) in [6, 6.07) is 9.60. The molecule has 0 aliphatic carbocycles. The smallest absolute Gasteiger partial charge is 0.150 e. The summed E-state index contributed by atoms with van der Waals surface area (Å²) < 4.78 is 22.7. The van der Waals surface area contributed by atoms with Gasteiger partial charge in [-0.25, -0.2) is 8.42 Å². The average molecular weight is 252 g/mol. The highest BCUT2D eigenvalue weighted by atomic mass is 32.2. The van der Waals surface area contributed by atoms with Gasteiger partial charge in [0.15, 0.2) is 0 Å². The maximum Gasteiger partial charge on any atom is 0.150 e. The van der Waals surface area contributed by atoms with Crippen molar-refractivity contribution in [2.24, 2.45) is 5.92 Å². The molecular formula is C13H16O3S. The van der Waals surface area contributed by atoms with E-state index in [0.717, 1.165) is 11.8 Å². The second-order valence-corrected chi connectivity index (χ2v) is 6.87. The van der Waals surface area contributed by atoms with Gasteiger partial charge in [-0.2, -0.15) is 0 Å². The van der Waals surface area contributed by atoms with Gasteiger partial charge in [-0.15, -0.1) is 0 Å². The van der Waals surface area contributed by atoms with Crippen LogP contribution in [0.4, 0.5) is 0 Å². The summed E-state index contributed by atoms with van der Waals surface area (Å²) in [4.78, 5) is 11.2. The van der Waals surface area contributed by atoms with Crippen molar-refractivity contribution in [2.75, 3.05) is 11.5 Å². The first-order chi connectivity index (χ1) is 8.12. The molecule has 4 heteroatoms. The molecule has 1 unspecified atom stereocenters. The van der Waals surface area contributed by atoms with E-state index in [1.807, 2.05) is 30.3 Å². The molecule has 3 nitrogen and oxygen atoms in total. The van der Waals surface area contributed by atoms with Gasteiger partial charge in [0.25, 0.3) is 0 Å². The first kappa shape index (κ1) is 12.3. The van der Waals surface area contributed by atoms with E-state index >= 15 is 0 Å². The Hall–Kier alpha value is -1.16. The largest absolute Gasteiger partial charge is 0.303 e. The zero-order valence-electron chi connectivity index (χ0n) is 9.58. The van der Waals surface area contributed by atoms with Crippen LogP contribution >= 0.6 is 0 Å². The van der Waals surface area contributed by atoms with E-state index in [-0.39, 0.29) is 23.3 Å². The van der Waals surface area contributed by atoms with Gasteiger partial charge in [0, 0.05) is 5.92 Å². The molecular weight excluding hydrogens is 236 g/mol. The molecule has 1 atom stereocenters. The normalized spacial score (nSPS) is 21.9. The highest BCUT2D eigenvalue weighted by Crippen LogP contribution is 2.31. The van der Waals surface area contributed by atoms with Crippen LogP contribution in [-0.2, 0) is 14.6 Å². The summed E-state index contributed by atoms with van der Waals surface area (Å²) in [5.74, 6) is 0.439. The minimum Gasteiger partial charge on any atom is -0.303 e. The van der Waals surface area contributed by atoms with Gasteiger partial charge in [0.05, 0.1) is 11.5 Å². The predicted octanol–water partition coefficient (Wildman–Crippen LogP) is 1.79. The number of hydrogen-bond acceptors (Lipinski definition) is 3. The van der Waals surface area contributed by atoms with E-state index < -0.39 is 9.84 Å². The Labute approximate surface area is 102 Å². The summed E-state index contributed by atoms with van der Waals surface area (Å²) in [5, 5.41) is 0. The number of carbonyl (C=O) groups excluding carboxylic acids is 1. The fourth-order valence-electron chi connectivity index (χ4n) is 2.40. The molecule has 2 rings (SSSR count). The molecule has 1 aliphatic heterocycles. The van der Waals surface area contributed by atoms with Gasteiger partial charge >= 0.3 is 0 Å². The summed E-state index contributed by atoms with van der Waals surface area (Å²) in [6.45, 7) is 0. The molecule has 0 aromatic heterocycles. The number of hydrogen-bond donors (Lipinski definition) is 0. The predicted molar refractivity (Wildman–Crippen MR) is 66.6 cm³/mol. The molecule has 1 heterocycles. The molecule has 1 aliphatic rings. The van der Waals surface area contributed by atoms with E-state index in [1.165, 1.54) is 0 Å². The number of sulfone groups is 1. The molecule has 92 valence electrons. The van der Waals surface area contributed by atoms with Crippen molar-refractivity contribution in [3.63, 3.8) is 0 Å². The van der Waals surface area contributed by atoms with Crippen molar-refractivity contribution in [1.82, 2.24) is 0 Å². The lowest BCUT2D eigenvalue weighted by Gasteiger charge is -2.26. The van der Waals surface area contributed by atoms with Crippen molar-refractivity contribution >= 4 is 16.1 Å². The third-order valence-electron chi connectivity index (χ3n) is 3.44. The molecule has 1 aromatic carbocycles. The number of benzene rings is 1. The molecule has 1 fully saturated rings. The van der Waals surface area contributed by atoms with Gasteiger partial charge < -0.3 is 4.79 Å². The first-order valence-corrected chi connectivity index (χ1v) is 7.65. The Balaban J connectivity index is 2.13. The Morgan fingerprint density at radius 2 is 1.71 bits per heavy atom. The average Bonchev–Trinajstić information content (AvgIpc) is 2.33. The van der Waals surface area contributed by atoms with E-state index in [1.54, 1.807) is 0 Å². The first-order valence-electron chi connectivity index (χ1n) is 5.83. The zero-order valence-corrected chi connectivity index (χ0v) is 10.4. The molecule has 0 radical (unpaired) electrons. The van der Waals surface area contributed by atoms with Gasteiger partial charge in [-0.1, -0.05) is 30.3 Å². The summed E-state index contributed by atoms with van der Waals surface area (Å²) >= 11 is 0. The van der Waals surface area contributed by atoms with Crippen molar-refractivity contribution in [2.45, 2.75) is 18.8 Å². The zero-order chi connectivity index (χ0) is 12.3. The van der Waals surface area contributed by atoms with Crippen LogP contribution in [-0.4, -0.2) is 26.2 Å². The minimum atomic E-state index is -2.86. The maximum absolute atomic E-state index is 11.4. The Morgan fingerprint density at radius 1 is 1.12 bits per heavy atom. The van der Waals surface area contributed by atoms with Crippen molar-refractivity contribution < 1.29 is 13.2 Å². The van der Waals surface area contributed by atoms with Crippen molar-refractivity contribution in [3.8, 4) is 0 Å². The molecule has 0 spiro atoms. The van der Waals surface area contributed by atoms with Gasteiger partial charge in [0.2, 0.25) is 0 Å². The second-order valence-electron chi connectivity index (χ2n) is 4.56. The summed E-state index contributed by atoms with van der Waals surface area (Å²) in [7, 11) is -2.86. The quantitative estimate of drug-likeness (QED) is 0.771. The topological polar surface area (TPSA) is 51.2 Å². The van der Waals surface area contributed by atoms with Gasteiger partial charge in [0.1, 0.15) is 16.1 Å². The van der Waals surface area contributed by atoms with Crippen LogP contribution in [0, 0.1) is 5.92 Å². The molecule has 17 heavy (non-hydrogen) atoms. The van der Waals surface area contributed by atoms with Crippen molar-refractivity contribution in [1.29, 1.82) is 0 Å². The van der Waals surface area contributed by atoms with Gasteiger partial charge in [-0.05, 0) is 24.3 Å². The fourth-order valence-corrected chi connectivity index (χ4v) is 3.93. The Morgan fingerprint density at radius 3 is 2.24 bits per heavy atom. The Kier molecular flexibility index (Phi) is 3.62. The third kappa shape index (κ3) is 2.94. The van der Waals surface area contributed by atoms with Crippen LogP contribution < -0.4 is 0 Å². The van der Waals surface area contributed by atoms with Crippen LogP contribution in [0.3, 0.4) is 0 Å². The summed E-state index contributed by atoms with van der Waals surface area (Å²) in [5.41, 5.74) is 0.992. The molecule has 1 saturated heterocycles. The number of aldehydes is 1. The highest BCUT2D eigenvalue weighted by Gasteiger charge is 2.30. The fraction of sp³-hybridized carbons (Fsp3) is 0.462. The second kappa shape index (κ2) is 5.00. The Bertz CT molecular complexity index is 465. The van der Waals surface area contributed by atoms with Crippen molar-refractivity contribution in [3.05, 3.63) is 35.9 Å². The molecule has 0 amide bonds. The minimum absolute atomic E-state index is 0.160. The van der Waals surface area contributed by atoms with E-state index in [2.05, 4.69) is 0 Å². The molecule has 0 N–H and O–H groups in total. The molecule has 1 aromatic rings. The lowest BCUT2D eigenvalue weighted by Crippen LogP contribution is -2.27. The molecule has 0 bridgehead atoms. The van der Waals surface area contributed by atoms with Crippen LogP contribution in [0.5, 0.6) is 0 Å². The monoisotopic (exact) mass is 252 g/mol. The SMILES string of the molecule is O=CC(c1ccccc1)C1CCS(=O)(=O)CC1. The van der Waals surface area contributed by atoms with E-state index in [4.69, 9.17) is 0 Å². The highest BCUT2D eigenvalue weighted by molar-refractivity contribution is 7.91. The van der Waals surface area contributed by atoms with E-state index in [9.17, 15) is 13.2 Å². The lowest BCUT2D eigenvalue weighted by molar-refractivity contribution is -0.110. The van der Waals surface area contributed by atoms with Crippen LogP contribution in [0.25, 0.3) is 0 Å². The third-order valence-corrected chi connectivity index (χ3v) is 5.15. The van der Waals surface area contributed by atoms with Crippen LogP contribution in [0.1, 0.15) is 24.3 Å². The summed E-state index contributed by atoms with van der Waals surface area (Å²) in [6.07, 6.45) is 2.15. The number of rotatable bonds is 3. The maximum atomic E-state index is 11.4. The number of carbonyl (C=O) groups is 1.